The number of hydrogen-bond donors (Lipinski definition) is 2. The molecule has 1 aromatic rings. The summed E-state index contributed by atoms with van der Waals surface area (Å²) >= 11 is 0. The van der Waals surface area contributed by atoms with Crippen molar-refractivity contribution in [2.45, 2.75) is 18.9 Å². The third kappa shape index (κ3) is 1.20. The number of hydrogen-bond acceptors (Lipinski definition) is 2. The van der Waals surface area contributed by atoms with Gasteiger partial charge in [0.2, 0.25) is 0 Å². The van der Waals surface area contributed by atoms with E-state index in [1.165, 1.54) is 12.8 Å². The first-order valence-electron chi connectivity index (χ1n) is 4.29. The summed E-state index contributed by atoms with van der Waals surface area (Å²) in [6.07, 6.45) is 6.30. The molecule has 1 fully saturated rings. The Bertz CT molecular complexity index is 265. The highest BCUT2D eigenvalue weighted by molar-refractivity contribution is 5.33. The van der Waals surface area contributed by atoms with Crippen molar-refractivity contribution in [3.05, 3.63) is 18.0 Å². The number of nitrogens with two attached hydrogens (primary N) is 1. The maximum Gasteiger partial charge on any atom is 0.141 e. The molecule has 3 heteroatoms. The van der Waals surface area contributed by atoms with Gasteiger partial charge in [0.05, 0.1) is 7.11 Å². The average molecular weight is 166 g/mol. The van der Waals surface area contributed by atoms with Crippen molar-refractivity contribution < 1.29 is 4.74 Å². The first kappa shape index (κ1) is 7.68. The molecule has 12 heavy (non-hydrogen) atoms. The molecule has 0 aromatic carbocycles. The summed E-state index contributed by atoms with van der Waals surface area (Å²) in [7, 11) is 1.67. The van der Waals surface area contributed by atoms with E-state index in [0.717, 1.165) is 11.3 Å². The van der Waals surface area contributed by atoms with Crippen molar-refractivity contribution in [3.63, 3.8) is 0 Å². The van der Waals surface area contributed by atoms with Crippen molar-refractivity contribution >= 4 is 0 Å². The van der Waals surface area contributed by atoms with E-state index in [1.807, 2.05) is 12.4 Å². The van der Waals surface area contributed by atoms with Crippen LogP contribution in [0.25, 0.3) is 0 Å². The van der Waals surface area contributed by atoms with E-state index >= 15 is 0 Å². The van der Waals surface area contributed by atoms with Gasteiger partial charge in [-0.2, -0.15) is 0 Å². The van der Waals surface area contributed by atoms with Gasteiger partial charge < -0.3 is 15.5 Å². The monoisotopic (exact) mass is 166 g/mol. The van der Waals surface area contributed by atoms with E-state index in [9.17, 15) is 0 Å². The smallest absolute Gasteiger partial charge is 0.141 e. The number of H-pyrrole nitrogens is 1. The SMILES string of the molecule is COc1c[nH]cc1C(N)C1CC1. The normalized spacial score (nSPS) is 19.2. The zero-order valence-electron chi connectivity index (χ0n) is 7.21. The van der Waals surface area contributed by atoms with Crippen LogP contribution in [-0.4, -0.2) is 12.1 Å². The number of ether oxygens (including phenoxy) is 1. The van der Waals surface area contributed by atoms with Gasteiger partial charge in [-0.25, -0.2) is 0 Å². The fourth-order valence-corrected chi connectivity index (χ4v) is 1.51. The standard InChI is InChI=1S/C9H14N2O/c1-12-8-5-11-4-7(8)9(10)6-2-3-6/h4-6,9,11H,2-3,10H2,1H3. The number of aromatic amines is 1. The fourth-order valence-electron chi connectivity index (χ4n) is 1.51. The van der Waals surface area contributed by atoms with E-state index in [4.69, 9.17) is 10.5 Å². The van der Waals surface area contributed by atoms with E-state index in [-0.39, 0.29) is 6.04 Å². The van der Waals surface area contributed by atoms with E-state index in [2.05, 4.69) is 4.98 Å². The number of rotatable bonds is 3. The van der Waals surface area contributed by atoms with Crippen molar-refractivity contribution in [2.75, 3.05) is 7.11 Å². The van der Waals surface area contributed by atoms with E-state index < -0.39 is 0 Å². The molecule has 1 aliphatic carbocycles. The second kappa shape index (κ2) is 2.83. The fraction of sp³-hybridized carbons (Fsp3) is 0.556. The van der Waals surface area contributed by atoms with Crippen molar-refractivity contribution in [2.24, 2.45) is 11.7 Å². The molecule has 2 rings (SSSR count). The first-order valence-corrected chi connectivity index (χ1v) is 4.29. The molecule has 0 bridgehead atoms. The molecule has 0 aliphatic heterocycles. The Kier molecular flexibility index (Phi) is 1.81. The zero-order chi connectivity index (χ0) is 8.55. The van der Waals surface area contributed by atoms with Crippen molar-refractivity contribution in [1.82, 2.24) is 4.98 Å². The van der Waals surface area contributed by atoms with Gasteiger partial charge in [0.1, 0.15) is 5.75 Å². The lowest BCUT2D eigenvalue weighted by atomic mass is 10.1. The van der Waals surface area contributed by atoms with Gasteiger partial charge in [0.25, 0.3) is 0 Å². The lowest BCUT2D eigenvalue weighted by Crippen LogP contribution is -2.12. The molecule has 66 valence electrons. The predicted molar refractivity (Wildman–Crippen MR) is 47.0 cm³/mol. The molecule has 0 spiro atoms. The highest BCUT2D eigenvalue weighted by Gasteiger charge is 2.31. The largest absolute Gasteiger partial charge is 0.495 e. The van der Waals surface area contributed by atoms with Crippen LogP contribution < -0.4 is 10.5 Å². The minimum Gasteiger partial charge on any atom is -0.495 e. The molecular weight excluding hydrogens is 152 g/mol. The highest BCUT2D eigenvalue weighted by atomic mass is 16.5. The molecule has 1 unspecified atom stereocenters. The summed E-state index contributed by atoms with van der Waals surface area (Å²) in [5, 5.41) is 0. The molecule has 3 N–H and O–H groups in total. The molecular formula is C9H14N2O. The summed E-state index contributed by atoms with van der Waals surface area (Å²) in [4.78, 5) is 3.01. The molecule has 3 nitrogen and oxygen atoms in total. The maximum absolute atomic E-state index is 6.02. The Balaban J connectivity index is 2.19. The molecule has 1 saturated carbocycles. The quantitative estimate of drug-likeness (QED) is 0.713. The Hall–Kier alpha value is -0.960. The number of nitrogens with one attached hydrogen (secondary N) is 1. The summed E-state index contributed by atoms with van der Waals surface area (Å²) in [6, 6.07) is 0.159. The van der Waals surface area contributed by atoms with Gasteiger partial charge in [-0.3, -0.25) is 0 Å². The molecule has 0 amide bonds. The Morgan fingerprint density at radius 2 is 2.33 bits per heavy atom. The maximum atomic E-state index is 6.02. The topological polar surface area (TPSA) is 51.0 Å². The van der Waals surface area contributed by atoms with Crippen LogP contribution in [0.2, 0.25) is 0 Å². The molecule has 1 atom stereocenters. The minimum atomic E-state index is 0.159. The second-order valence-corrected chi connectivity index (χ2v) is 3.34. The first-order chi connectivity index (χ1) is 5.83. The molecule has 0 radical (unpaired) electrons. The predicted octanol–water partition coefficient (Wildman–Crippen LogP) is 1.43. The highest BCUT2D eigenvalue weighted by Crippen LogP contribution is 2.41. The van der Waals surface area contributed by atoms with Gasteiger partial charge in [0, 0.05) is 24.0 Å². The summed E-state index contributed by atoms with van der Waals surface area (Å²) in [5.41, 5.74) is 7.13. The van der Waals surface area contributed by atoms with Crippen LogP contribution in [0.3, 0.4) is 0 Å². The van der Waals surface area contributed by atoms with Crippen molar-refractivity contribution in [1.29, 1.82) is 0 Å². The second-order valence-electron chi connectivity index (χ2n) is 3.34. The third-order valence-corrected chi connectivity index (χ3v) is 2.45. The van der Waals surface area contributed by atoms with Crippen LogP contribution in [-0.2, 0) is 0 Å². The van der Waals surface area contributed by atoms with E-state index in [1.54, 1.807) is 7.11 Å². The summed E-state index contributed by atoms with van der Waals surface area (Å²) in [6.45, 7) is 0. The zero-order valence-corrected chi connectivity index (χ0v) is 7.21. The van der Waals surface area contributed by atoms with Crippen LogP contribution in [0.15, 0.2) is 12.4 Å². The van der Waals surface area contributed by atoms with Crippen LogP contribution in [0.1, 0.15) is 24.4 Å². The Labute approximate surface area is 71.9 Å². The summed E-state index contributed by atoms with van der Waals surface area (Å²) in [5.74, 6) is 1.56. The Morgan fingerprint density at radius 1 is 1.58 bits per heavy atom. The van der Waals surface area contributed by atoms with Gasteiger partial charge >= 0.3 is 0 Å². The van der Waals surface area contributed by atoms with E-state index in [0.29, 0.717) is 5.92 Å². The number of aromatic nitrogens is 1. The number of methoxy groups -OCH3 is 1. The van der Waals surface area contributed by atoms with Gasteiger partial charge in [-0.1, -0.05) is 0 Å². The summed E-state index contributed by atoms with van der Waals surface area (Å²) < 4.78 is 5.17. The van der Waals surface area contributed by atoms with Crippen LogP contribution in [0, 0.1) is 5.92 Å². The molecule has 1 aromatic heterocycles. The van der Waals surface area contributed by atoms with Crippen LogP contribution in [0.4, 0.5) is 0 Å². The van der Waals surface area contributed by atoms with Gasteiger partial charge in [0.15, 0.2) is 0 Å². The lowest BCUT2D eigenvalue weighted by Gasteiger charge is -2.09. The van der Waals surface area contributed by atoms with Gasteiger partial charge in [-0.15, -0.1) is 0 Å². The van der Waals surface area contributed by atoms with Crippen LogP contribution in [0.5, 0.6) is 5.75 Å². The minimum absolute atomic E-state index is 0.159. The third-order valence-electron chi connectivity index (χ3n) is 2.45. The molecule has 0 saturated heterocycles. The Morgan fingerprint density at radius 3 is 2.92 bits per heavy atom. The van der Waals surface area contributed by atoms with Crippen LogP contribution >= 0.6 is 0 Å². The molecule has 1 aliphatic rings. The average Bonchev–Trinajstić information content (AvgIpc) is 2.82. The van der Waals surface area contributed by atoms with Crippen molar-refractivity contribution in [3.8, 4) is 5.75 Å². The van der Waals surface area contributed by atoms with Gasteiger partial charge in [-0.05, 0) is 18.8 Å². The lowest BCUT2D eigenvalue weighted by molar-refractivity contribution is 0.404. The molecule has 1 heterocycles.